The lowest BCUT2D eigenvalue weighted by Crippen LogP contribution is -2.14. The third kappa shape index (κ3) is 5.24. The van der Waals surface area contributed by atoms with E-state index in [1.54, 1.807) is 18.2 Å². The average molecular weight is 485 g/mol. The molecular formula is C25H22Cl2N2O4. The highest BCUT2D eigenvalue weighted by Gasteiger charge is 2.24. The number of aromatic nitrogens is 1. The number of nitro groups is 1. The van der Waals surface area contributed by atoms with Crippen LogP contribution in [0.5, 0.6) is 11.5 Å². The standard InChI is InChI=1S/C25H22Cl2N2O4/c1-2-32-25-11-16(8-10-24(25)33-15-17-7-9-18(26)12-22(17)27)21(14-29(30)31)20-13-28-23-6-4-3-5-19(20)23/h3-13,21,28H,2,14-15H2,1H3/t21-/m0/s1. The molecule has 0 aliphatic heterocycles. The lowest BCUT2D eigenvalue weighted by molar-refractivity contribution is -0.481. The number of rotatable bonds is 9. The van der Waals surface area contributed by atoms with Crippen molar-refractivity contribution in [2.24, 2.45) is 0 Å². The minimum absolute atomic E-state index is 0.232. The van der Waals surface area contributed by atoms with Gasteiger partial charge in [0, 0.05) is 37.6 Å². The number of para-hydroxylation sites is 1. The van der Waals surface area contributed by atoms with Gasteiger partial charge in [0.05, 0.1) is 12.5 Å². The maximum atomic E-state index is 11.5. The summed E-state index contributed by atoms with van der Waals surface area (Å²) in [7, 11) is 0. The molecule has 1 aromatic heterocycles. The Balaban J connectivity index is 1.67. The number of H-pyrrole nitrogens is 1. The summed E-state index contributed by atoms with van der Waals surface area (Å²) in [5, 5.41) is 13.6. The second kappa shape index (κ2) is 10.1. The van der Waals surface area contributed by atoms with Crippen LogP contribution in [0.3, 0.4) is 0 Å². The van der Waals surface area contributed by atoms with E-state index in [2.05, 4.69) is 4.98 Å². The van der Waals surface area contributed by atoms with Crippen LogP contribution in [-0.2, 0) is 6.61 Å². The average Bonchev–Trinajstić information content (AvgIpc) is 3.21. The van der Waals surface area contributed by atoms with Gasteiger partial charge < -0.3 is 14.5 Å². The second-order valence-electron chi connectivity index (χ2n) is 7.52. The lowest BCUT2D eigenvalue weighted by Gasteiger charge is -2.17. The molecule has 0 amide bonds. The summed E-state index contributed by atoms with van der Waals surface area (Å²) in [5.74, 6) is 0.605. The number of nitrogens with one attached hydrogen (secondary N) is 1. The number of fused-ring (bicyclic) bond motifs is 1. The SMILES string of the molecule is CCOc1cc([C@H](C[N+](=O)[O-])c2c[nH]c3ccccc23)ccc1OCc1ccc(Cl)cc1Cl. The van der Waals surface area contributed by atoms with Crippen LogP contribution in [0, 0.1) is 10.1 Å². The van der Waals surface area contributed by atoms with Crippen molar-refractivity contribution in [3.05, 3.63) is 104 Å². The molecule has 3 aromatic carbocycles. The van der Waals surface area contributed by atoms with E-state index in [4.69, 9.17) is 32.7 Å². The summed E-state index contributed by atoms with van der Waals surface area (Å²) in [6, 6.07) is 18.4. The van der Waals surface area contributed by atoms with Crippen LogP contribution in [-0.4, -0.2) is 23.1 Å². The fourth-order valence-corrected chi connectivity index (χ4v) is 4.30. The van der Waals surface area contributed by atoms with Crippen molar-refractivity contribution in [1.82, 2.24) is 4.98 Å². The molecule has 4 rings (SSSR count). The predicted molar refractivity (Wildman–Crippen MR) is 130 cm³/mol. The van der Waals surface area contributed by atoms with Crippen molar-refractivity contribution >= 4 is 34.1 Å². The van der Waals surface area contributed by atoms with E-state index in [9.17, 15) is 10.1 Å². The van der Waals surface area contributed by atoms with Gasteiger partial charge in [0.2, 0.25) is 6.54 Å². The van der Waals surface area contributed by atoms with Gasteiger partial charge in [0.25, 0.3) is 0 Å². The molecule has 0 aliphatic carbocycles. The van der Waals surface area contributed by atoms with Crippen LogP contribution in [0.15, 0.2) is 66.9 Å². The molecule has 1 atom stereocenters. The van der Waals surface area contributed by atoms with Gasteiger partial charge in [0.1, 0.15) is 6.61 Å². The first-order chi connectivity index (χ1) is 16.0. The molecule has 8 heteroatoms. The zero-order valence-electron chi connectivity index (χ0n) is 17.9. The maximum absolute atomic E-state index is 11.5. The van der Waals surface area contributed by atoms with E-state index in [0.29, 0.717) is 28.2 Å². The van der Waals surface area contributed by atoms with Crippen molar-refractivity contribution in [1.29, 1.82) is 0 Å². The summed E-state index contributed by atoms with van der Waals surface area (Å²) in [6.45, 7) is 2.29. The molecular weight excluding hydrogens is 463 g/mol. The summed E-state index contributed by atoms with van der Waals surface area (Å²) in [5.41, 5.74) is 3.37. The zero-order chi connectivity index (χ0) is 23.4. The van der Waals surface area contributed by atoms with Crippen LogP contribution in [0.1, 0.15) is 29.5 Å². The number of aromatic amines is 1. The minimum Gasteiger partial charge on any atom is -0.490 e. The van der Waals surface area contributed by atoms with Gasteiger partial charge in [-0.3, -0.25) is 10.1 Å². The fourth-order valence-electron chi connectivity index (χ4n) is 3.84. The molecule has 0 aliphatic rings. The monoisotopic (exact) mass is 484 g/mol. The molecule has 33 heavy (non-hydrogen) atoms. The molecule has 1 N–H and O–H groups in total. The number of benzene rings is 3. The summed E-state index contributed by atoms with van der Waals surface area (Å²) in [4.78, 5) is 14.4. The van der Waals surface area contributed by atoms with E-state index in [1.807, 2.05) is 55.6 Å². The Hall–Kier alpha value is -3.22. The van der Waals surface area contributed by atoms with Crippen molar-refractivity contribution in [3.63, 3.8) is 0 Å². The van der Waals surface area contributed by atoms with E-state index in [1.165, 1.54) is 0 Å². The maximum Gasteiger partial charge on any atom is 0.214 e. The topological polar surface area (TPSA) is 77.4 Å². The summed E-state index contributed by atoms with van der Waals surface area (Å²) in [6.07, 6.45) is 1.84. The molecule has 0 unspecified atom stereocenters. The summed E-state index contributed by atoms with van der Waals surface area (Å²) >= 11 is 12.2. The van der Waals surface area contributed by atoms with Crippen LogP contribution in [0.2, 0.25) is 10.0 Å². The van der Waals surface area contributed by atoms with Crippen LogP contribution in [0.25, 0.3) is 10.9 Å². The fraction of sp³-hybridized carbons (Fsp3) is 0.200. The van der Waals surface area contributed by atoms with Crippen LogP contribution < -0.4 is 9.47 Å². The number of halogens is 2. The first-order valence-electron chi connectivity index (χ1n) is 10.5. The molecule has 0 saturated carbocycles. The zero-order valence-corrected chi connectivity index (χ0v) is 19.4. The molecule has 170 valence electrons. The van der Waals surface area contributed by atoms with Gasteiger partial charge in [-0.05, 0) is 48.4 Å². The Kier molecular flexibility index (Phi) is 7.06. The molecule has 0 saturated heterocycles. The van der Waals surface area contributed by atoms with Crippen molar-refractivity contribution in [3.8, 4) is 11.5 Å². The third-order valence-electron chi connectivity index (χ3n) is 5.40. The number of ether oxygens (including phenoxy) is 2. The van der Waals surface area contributed by atoms with Crippen molar-refractivity contribution < 1.29 is 14.4 Å². The Bertz CT molecular complexity index is 1290. The van der Waals surface area contributed by atoms with E-state index in [0.717, 1.165) is 27.6 Å². The van der Waals surface area contributed by atoms with E-state index >= 15 is 0 Å². The largest absolute Gasteiger partial charge is 0.490 e. The van der Waals surface area contributed by atoms with Crippen LogP contribution in [0.4, 0.5) is 0 Å². The molecule has 0 radical (unpaired) electrons. The highest BCUT2D eigenvalue weighted by Crippen LogP contribution is 2.37. The normalized spacial score (nSPS) is 12.0. The van der Waals surface area contributed by atoms with Gasteiger partial charge in [-0.2, -0.15) is 0 Å². The van der Waals surface area contributed by atoms with Crippen LogP contribution >= 0.6 is 23.2 Å². The van der Waals surface area contributed by atoms with E-state index < -0.39 is 5.92 Å². The minimum atomic E-state index is -0.449. The van der Waals surface area contributed by atoms with Crippen molar-refractivity contribution in [2.75, 3.05) is 13.2 Å². The third-order valence-corrected chi connectivity index (χ3v) is 5.98. The molecule has 0 spiro atoms. The highest BCUT2D eigenvalue weighted by molar-refractivity contribution is 6.35. The quantitative estimate of drug-likeness (QED) is 0.208. The Morgan fingerprint density at radius 2 is 1.85 bits per heavy atom. The molecule has 4 aromatic rings. The second-order valence-corrected chi connectivity index (χ2v) is 8.36. The Labute approximate surface area is 201 Å². The number of hydrogen-bond acceptors (Lipinski definition) is 4. The van der Waals surface area contributed by atoms with Gasteiger partial charge in [-0.1, -0.05) is 53.5 Å². The molecule has 1 heterocycles. The van der Waals surface area contributed by atoms with Crippen molar-refractivity contribution in [2.45, 2.75) is 19.4 Å². The van der Waals surface area contributed by atoms with Gasteiger partial charge in [-0.15, -0.1) is 0 Å². The highest BCUT2D eigenvalue weighted by atomic mass is 35.5. The molecule has 0 fully saturated rings. The van der Waals surface area contributed by atoms with Gasteiger partial charge in [0.15, 0.2) is 11.5 Å². The smallest absolute Gasteiger partial charge is 0.214 e. The van der Waals surface area contributed by atoms with Gasteiger partial charge >= 0.3 is 0 Å². The Morgan fingerprint density at radius 3 is 2.61 bits per heavy atom. The number of hydrogen-bond donors (Lipinski definition) is 1. The number of nitrogens with zero attached hydrogens (tertiary/aromatic N) is 1. The molecule has 6 nitrogen and oxygen atoms in total. The summed E-state index contributed by atoms with van der Waals surface area (Å²) < 4.78 is 11.8. The predicted octanol–water partition coefficient (Wildman–Crippen LogP) is 6.86. The molecule has 0 bridgehead atoms. The first kappa shape index (κ1) is 23.0. The lowest BCUT2D eigenvalue weighted by atomic mass is 9.90. The Morgan fingerprint density at radius 1 is 1.03 bits per heavy atom. The van der Waals surface area contributed by atoms with E-state index in [-0.39, 0.29) is 18.1 Å². The first-order valence-corrected chi connectivity index (χ1v) is 11.2. The van der Waals surface area contributed by atoms with Gasteiger partial charge in [-0.25, -0.2) is 0 Å².